The van der Waals surface area contributed by atoms with Crippen molar-refractivity contribution in [3.63, 3.8) is 0 Å². The summed E-state index contributed by atoms with van der Waals surface area (Å²) >= 11 is 6.13. The van der Waals surface area contributed by atoms with Gasteiger partial charge in [-0.25, -0.2) is 4.79 Å². The van der Waals surface area contributed by atoms with Crippen LogP contribution in [0.4, 0.5) is 10.5 Å². The highest BCUT2D eigenvalue weighted by molar-refractivity contribution is 6.32. The maximum Gasteiger partial charge on any atom is 0.414 e. The lowest BCUT2D eigenvalue weighted by Crippen LogP contribution is -2.39. The molecule has 2 aliphatic heterocycles. The molecule has 1 amide bonds. The number of carbonyl (C=O) groups is 1. The van der Waals surface area contributed by atoms with E-state index in [-0.39, 0.29) is 6.09 Å². The Hall–Kier alpha value is -1.22. The van der Waals surface area contributed by atoms with E-state index in [4.69, 9.17) is 16.3 Å². The first kappa shape index (κ1) is 9.04. The highest BCUT2D eigenvalue weighted by atomic mass is 35.5. The average Bonchev–Trinajstić information content (AvgIpc) is 2.27. The number of amides is 1. The molecule has 0 unspecified atom stereocenters. The minimum atomic E-state index is -0.245. The van der Waals surface area contributed by atoms with Crippen molar-refractivity contribution in [2.75, 3.05) is 11.4 Å². The van der Waals surface area contributed by atoms with Crippen LogP contribution in [-0.4, -0.2) is 12.6 Å². The van der Waals surface area contributed by atoms with E-state index in [0.717, 1.165) is 41.2 Å². The number of hydrogen-bond donors (Lipinski definition) is 0. The first-order chi connectivity index (χ1) is 7.27. The van der Waals surface area contributed by atoms with Gasteiger partial charge in [0.25, 0.3) is 0 Å². The molecule has 0 aliphatic carbocycles. The van der Waals surface area contributed by atoms with Crippen LogP contribution >= 0.6 is 11.6 Å². The minimum absolute atomic E-state index is 0.245. The number of rotatable bonds is 0. The van der Waals surface area contributed by atoms with Crippen LogP contribution in [0, 0.1) is 0 Å². The Morgan fingerprint density at radius 3 is 3.13 bits per heavy atom. The smallest absolute Gasteiger partial charge is 0.414 e. The van der Waals surface area contributed by atoms with Crippen molar-refractivity contribution in [3.8, 4) is 0 Å². The standard InChI is InChI=1S/C11H10ClNO2/c12-9-4-3-7-6-15-11(14)13-5-1-2-8(9)10(7)13/h3-4H,1-2,5-6H2. The van der Waals surface area contributed by atoms with Crippen molar-refractivity contribution in [2.24, 2.45) is 0 Å². The normalized spacial score (nSPS) is 18.5. The summed E-state index contributed by atoms with van der Waals surface area (Å²) in [6.07, 6.45) is 1.66. The summed E-state index contributed by atoms with van der Waals surface area (Å²) in [6.45, 7) is 1.11. The number of hydrogen-bond acceptors (Lipinski definition) is 2. The number of cyclic esters (lactones) is 1. The molecular formula is C11H10ClNO2. The Bertz CT molecular complexity index is 444. The van der Waals surface area contributed by atoms with Crippen LogP contribution in [-0.2, 0) is 17.8 Å². The zero-order valence-corrected chi connectivity index (χ0v) is 8.88. The molecule has 0 spiro atoms. The summed E-state index contributed by atoms with van der Waals surface area (Å²) in [5, 5.41) is 0.758. The van der Waals surface area contributed by atoms with Gasteiger partial charge >= 0.3 is 6.09 Å². The van der Waals surface area contributed by atoms with Crippen molar-refractivity contribution in [1.29, 1.82) is 0 Å². The summed E-state index contributed by atoms with van der Waals surface area (Å²) in [5.74, 6) is 0. The van der Waals surface area contributed by atoms with Gasteiger partial charge in [0.2, 0.25) is 0 Å². The van der Waals surface area contributed by atoms with Gasteiger partial charge in [-0.2, -0.15) is 0 Å². The Balaban J connectivity index is 2.25. The molecular weight excluding hydrogens is 214 g/mol. The highest BCUT2D eigenvalue weighted by Crippen LogP contribution is 2.38. The molecule has 78 valence electrons. The molecule has 0 saturated heterocycles. The number of nitrogens with zero attached hydrogens (tertiary/aromatic N) is 1. The molecule has 4 heteroatoms. The lowest BCUT2D eigenvalue weighted by Gasteiger charge is -2.34. The van der Waals surface area contributed by atoms with Gasteiger partial charge in [0.1, 0.15) is 6.61 Å². The maximum atomic E-state index is 11.5. The van der Waals surface area contributed by atoms with E-state index in [1.807, 2.05) is 12.1 Å². The summed E-state index contributed by atoms with van der Waals surface area (Å²) in [6, 6.07) is 3.82. The fraction of sp³-hybridized carbons (Fsp3) is 0.364. The second-order valence-electron chi connectivity index (χ2n) is 3.84. The van der Waals surface area contributed by atoms with Gasteiger partial charge in [0, 0.05) is 17.1 Å². The molecule has 0 atom stereocenters. The van der Waals surface area contributed by atoms with Crippen LogP contribution in [0.3, 0.4) is 0 Å². The monoisotopic (exact) mass is 223 g/mol. The fourth-order valence-electron chi connectivity index (χ4n) is 2.28. The summed E-state index contributed by atoms with van der Waals surface area (Å²) in [4.78, 5) is 13.2. The van der Waals surface area contributed by atoms with Gasteiger partial charge in [-0.3, -0.25) is 4.90 Å². The highest BCUT2D eigenvalue weighted by Gasteiger charge is 2.31. The number of halogens is 1. The zero-order chi connectivity index (χ0) is 10.4. The van der Waals surface area contributed by atoms with Gasteiger partial charge < -0.3 is 4.74 Å². The lowest BCUT2D eigenvalue weighted by molar-refractivity contribution is 0.141. The van der Waals surface area contributed by atoms with E-state index < -0.39 is 0 Å². The molecule has 3 rings (SSSR count). The largest absolute Gasteiger partial charge is 0.444 e. The maximum absolute atomic E-state index is 11.5. The summed E-state index contributed by atoms with van der Waals surface area (Å²) in [7, 11) is 0. The molecule has 1 aromatic rings. The van der Waals surface area contributed by atoms with E-state index in [1.54, 1.807) is 4.90 Å². The Labute approximate surface area is 92.6 Å². The van der Waals surface area contributed by atoms with Crippen molar-refractivity contribution < 1.29 is 9.53 Å². The van der Waals surface area contributed by atoms with Gasteiger partial charge in [0.05, 0.1) is 5.69 Å². The third-order valence-corrected chi connectivity index (χ3v) is 3.31. The predicted molar refractivity (Wildman–Crippen MR) is 57.3 cm³/mol. The third kappa shape index (κ3) is 1.23. The molecule has 0 N–H and O–H groups in total. The summed E-state index contributed by atoms with van der Waals surface area (Å²) < 4.78 is 5.08. The molecule has 3 nitrogen and oxygen atoms in total. The minimum Gasteiger partial charge on any atom is -0.444 e. The molecule has 0 radical (unpaired) electrons. The van der Waals surface area contributed by atoms with Gasteiger partial charge in [0.15, 0.2) is 0 Å². The van der Waals surface area contributed by atoms with Crippen molar-refractivity contribution in [1.82, 2.24) is 0 Å². The predicted octanol–water partition coefficient (Wildman–Crippen LogP) is 2.74. The van der Waals surface area contributed by atoms with Gasteiger partial charge in [-0.1, -0.05) is 17.7 Å². The first-order valence-electron chi connectivity index (χ1n) is 5.02. The van der Waals surface area contributed by atoms with Crippen molar-refractivity contribution in [3.05, 3.63) is 28.3 Å². The second kappa shape index (κ2) is 3.14. The van der Waals surface area contributed by atoms with Crippen molar-refractivity contribution in [2.45, 2.75) is 19.4 Å². The van der Waals surface area contributed by atoms with E-state index in [1.165, 1.54) is 0 Å². The number of carbonyl (C=O) groups excluding carboxylic acids is 1. The van der Waals surface area contributed by atoms with Crippen LogP contribution in [0.15, 0.2) is 12.1 Å². The van der Waals surface area contributed by atoms with E-state index in [0.29, 0.717) is 6.61 Å². The Kier molecular flexibility index (Phi) is 1.89. The van der Waals surface area contributed by atoms with Crippen LogP contribution in [0.5, 0.6) is 0 Å². The zero-order valence-electron chi connectivity index (χ0n) is 8.12. The SMILES string of the molecule is O=C1OCc2ccc(Cl)c3c2N1CCC3. The van der Waals surface area contributed by atoms with E-state index in [9.17, 15) is 4.79 Å². The number of benzene rings is 1. The van der Waals surface area contributed by atoms with Crippen LogP contribution in [0.25, 0.3) is 0 Å². The summed E-state index contributed by atoms with van der Waals surface area (Å²) in [5.41, 5.74) is 3.15. The molecule has 0 bridgehead atoms. The first-order valence-corrected chi connectivity index (χ1v) is 5.40. The molecule has 1 aromatic carbocycles. The van der Waals surface area contributed by atoms with Gasteiger partial charge in [-0.15, -0.1) is 0 Å². The molecule has 0 aromatic heterocycles. The molecule has 0 fully saturated rings. The Morgan fingerprint density at radius 2 is 2.27 bits per heavy atom. The van der Waals surface area contributed by atoms with E-state index in [2.05, 4.69) is 0 Å². The molecule has 2 heterocycles. The van der Waals surface area contributed by atoms with Gasteiger partial charge in [-0.05, 0) is 24.5 Å². The quantitative estimate of drug-likeness (QED) is 0.677. The second-order valence-corrected chi connectivity index (χ2v) is 4.25. The molecule has 2 aliphatic rings. The fourth-order valence-corrected chi connectivity index (χ4v) is 2.52. The molecule has 15 heavy (non-hydrogen) atoms. The van der Waals surface area contributed by atoms with Crippen LogP contribution < -0.4 is 4.90 Å². The number of anilines is 1. The van der Waals surface area contributed by atoms with Crippen LogP contribution in [0.2, 0.25) is 5.02 Å². The van der Waals surface area contributed by atoms with Crippen LogP contribution in [0.1, 0.15) is 17.5 Å². The third-order valence-electron chi connectivity index (χ3n) is 2.96. The Morgan fingerprint density at radius 1 is 1.40 bits per heavy atom. The van der Waals surface area contributed by atoms with Crippen molar-refractivity contribution >= 4 is 23.4 Å². The molecule has 0 saturated carbocycles. The topological polar surface area (TPSA) is 29.5 Å². The lowest BCUT2D eigenvalue weighted by atomic mass is 9.97. The number of ether oxygens (including phenoxy) is 1. The van der Waals surface area contributed by atoms with E-state index >= 15 is 0 Å². The average molecular weight is 224 g/mol.